The lowest BCUT2D eigenvalue weighted by atomic mass is 10.1. The van der Waals surface area contributed by atoms with Crippen LogP contribution >= 0.6 is 24.0 Å². The third-order valence-corrected chi connectivity index (χ3v) is 4.41. The summed E-state index contributed by atoms with van der Waals surface area (Å²) in [5.41, 5.74) is 3.76. The minimum Gasteiger partial charge on any atom is -0.367 e. The fourth-order valence-electron chi connectivity index (χ4n) is 2.82. The maximum atomic E-state index is 12.1. The van der Waals surface area contributed by atoms with Gasteiger partial charge in [0.2, 0.25) is 0 Å². The Hall–Kier alpha value is -2.60. The SMILES string of the molecule is CN=C(NCc1ccc(COCC(F)(F)F)cc1)NCc1ccc(-n2cccn2)cc1.I. The molecule has 6 nitrogen and oxygen atoms in total. The van der Waals surface area contributed by atoms with Crippen LogP contribution in [-0.4, -0.2) is 35.6 Å². The van der Waals surface area contributed by atoms with E-state index in [0.717, 1.165) is 16.8 Å². The van der Waals surface area contributed by atoms with Gasteiger partial charge in [0, 0.05) is 32.5 Å². The smallest absolute Gasteiger partial charge is 0.367 e. The maximum absolute atomic E-state index is 12.1. The lowest BCUT2D eigenvalue weighted by molar-refractivity contribution is -0.176. The van der Waals surface area contributed by atoms with Crippen molar-refractivity contribution < 1.29 is 17.9 Å². The third kappa shape index (κ3) is 8.50. The zero-order chi connectivity index (χ0) is 22.1. The molecule has 0 saturated heterocycles. The van der Waals surface area contributed by atoms with Gasteiger partial charge in [-0.15, -0.1) is 24.0 Å². The summed E-state index contributed by atoms with van der Waals surface area (Å²) in [5, 5.41) is 10.7. The highest BCUT2D eigenvalue weighted by atomic mass is 127. The van der Waals surface area contributed by atoms with Gasteiger partial charge in [-0.05, 0) is 34.9 Å². The largest absolute Gasteiger partial charge is 0.411 e. The van der Waals surface area contributed by atoms with Crippen LogP contribution in [0, 0.1) is 0 Å². The number of rotatable bonds is 8. The van der Waals surface area contributed by atoms with Crippen molar-refractivity contribution in [2.45, 2.75) is 25.9 Å². The number of guanidine groups is 1. The molecule has 3 rings (SSSR count). The van der Waals surface area contributed by atoms with Crippen molar-refractivity contribution in [2.24, 2.45) is 4.99 Å². The summed E-state index contributed by atoms with van der Waals surface area (Å²) in [7, 11) is 1.69. The second-order valence-corrected chi connectivity index (χ2v) is 6.82. The molecule has 172 valence electrons. The molecule has 32 heavy (non-hydrogen) atoms. The Morgan fingerprint density at radius 3 is 2.03 bits per heavy atom. The minimum atomic E-state index is -4.31. The van der Waals surface area contributed by atoms with E-state index < -0.39 is 12.8 Å². The van der Waals surface area contributed by atoms with Crippen LogP contribution in [0.2, 0.25) is 0 Å². The van der Waals surface area contributed by atoms with Gasteiger partial charge in [0.25, 0.3) is 0 Å². The van der Waals surface area contributed by atoms with Crippen molar-refractivity contribution in [3.05, 3.63) is 83.7 Å². The fourth-order valence-corrected chi connectivity index (χ4v) is 2.82. The summed E-state index contributed by atoms with van der Waals surface area (Å²) in [6, 6.07) is 17.1. The Labute approximate surface area is 201 Å². The summed E-state index contributed by atoms with van der Waals surface area (Å²) in [6.45, 7) is -0.184. The second kappa shape index (κ2) is 12.4. The van der Waals surface area contributed by atoms with E-state index in [9.17, 15) is 13.2 Å². The lowest BCUT2D eigenvalue weighted by Gasteiger charge is -2.13. The minimum absolute atomic E-state index is 0. The monoisotopic (exact) mass is 559 g/mol. The Kier molecular flexibility index (Phi) is 9.97. The highest BCUT2D eigenvalue weighted by Crippen LogP contribution is 2.16. The number of hydrogen-bond acceptors (Lipinski definition) is 3. The molecule has 0 aliphatic rings. The lowest BCUT2D eigenvalue weighted by Crippen LogP contribution is -2.36. The fraction of sp³-hybridized carbons (Fsp3) is 0.273. The number of alkyl halides is 3. The molecule has 0 amide bonds. The molecule has 0 saturated carbocycles. The van der Waals surface area contributed by atoms with Gasteiger partial charge >= 0.3 is 6.18 Å². The molecule has 0 atom stereocenters. The van der Waals surface area contributed by atoms with Crippen LogP contribution in [0.4, 0.5) is 13.2 Å². The molecular formula is C22H25F3IN5O. The number of nitrogens with zero attached hydrogens (tertiary/aromatic N) is 3. The number of halogens is 4. The van der Waals surface area contributed by atoms with Crippen LogP contribution in [0.25, 0.3) is 5.69 Å². The Morgan fingerprint density at radius 1 is 0.969 bits per heavy atom. The first-order valence-corrected chi connectivity index (χ1v) is 9.69. The molecule has 0 bridgehead atoms. The molecule has 2 N–H and O–H groups in total. The van der Waals surface area contributed by atoms with E-state index in [-0.39, 0.29) is 30.6 Å². The molecule has 0 unspecified atom stereocenters. The van der Waals surface area contributed by atoms with E-state index in [1.54, 1.807) is 30.1 Å². The average molecular weight is 559 g/mol. The molecule has 0 aliphatic heterocycles. The highest BCUT2D eigenvalue weighted by molar-refractivity contribution is 14.0. The van der Waals surface area contributed by atoms with Crippen molar-refractivity contribution in [1.82, 2.24) is 20.4 Å². The van der Waals surface area contributed by atoms with Gasteiger partial charge in [-0.3, -0.25) is 4.99 Å². The van der Waals surface area contributed by atoms with Crippen molar-refractivity contribution in [1.29, 1.82) is 0 Å². The van der Waals surface area contributed by atoms with Gasteiger partial charge in [0.1, 0.15) is 6.61 Å². The number of aliphatic imine (C=N–C) groups is 1. The van der Waals surface area contributed by atoms with Gasteiger partial charge in [0.15, 0.2) is 5.96 Å². The van der Waals surface area contributed by atoms with Crippen molar-refractivity contribution in [3.8, 4) is 5.69 Å². The van der Waals surface area contributed by atoms with E-state index in [4.69, 9.17) is 0 Å². The molecule has 0 spiro atoms. The topological polar surface area (TPSA) is 63.5 Å². The molecule has 0 aliphatic carbocycles. The van der Waals surface area contributed by atoms with Gasteiger partial charge in [-0.25, -0.2) is 4.68 Å². The summed E-state index contributed by atoms with van der Waals surface area (Å²) in [6.07, 6.45) is -0.684. The maximum Gasteiger partial charge on any atom is 0.411 e. The van der Waals surface area contributed by atoms with Crippen LogP contribution in [0.3, 0.4) is 0 Å². The normalized spacial score (nSPS) is 11.7. The summed E-state index contributed by atoms with van der Waals surface area (Å²) < 4.78 is 42.8. The molecule has 10 heteroatoms. The molecule has 0 radical (unpaired) electrons. The molecule has 0 fully saturated rings. The van der Waals surface area contributed by atoms with E-state index in [1.807, 2.05) is 48.7 Å². The van der Waals surface area contributed by atoms with Gasteiger partial charge in [-0.1, -0.05) is 36.4 Å². The zero-order valence-electron chi connectivity index (χ0n) is 17.5. The average Bonchev–Trinajstić information content (AvgIpc) is 3.29. The Balaban J connectivity index is 0.00000363. The predicted octanol–water partition coefficient (Wildman–Crippen LogP) is 4.43. The highest BCUT2D eigenvalue weighted by Gasteiger charge is 2.27. The van der Waals surface area contributed by atoms with Crippen LogP contribution in [0.15, 0.2) is 72.0 Å². The van der Waals surface area contributed by atoms with Crippen LogP contribution < -0.4 is 10.6 Å². The quantitative estimate of drug-likeness (QED) is 0.244. The standard InChI is InChI=1S/C22H24F3N5O.HI/c1-26-21(28-14-18-7-9-20(10-8-18)30-12-2-11-29-30)27-13-17-3-5-19(6-4-17)15-31-16-22(23,24)25;/h2-12H,13-16H2,1H3,(H2,26,27,28);1H. The van der Waals surface area contributed by atoms with E-state index in [0.29, 0.717) is 24.6 Å². The molecule has 1 heterocycles. The Bertz CT molecular complexity index is 959. The number of ether oxygens (including phenoxy) is 1. The molecular weight excluding hydrogens is 534 g/mol. The van der Waals surface area contributed by atoms with Gasteiger partial charge in [-0.2, -0.15) is 18.3 Å². The number of hydrogen-bond donors (Lipinski definition) is 2. The van der Waals surface area contributed by atoms with Gasteiger partial charge < -0.3 is 15.4 Å². The molecule has 3 aromatic rings. The summed E-state index contributed by atoms with van der Waals surface area (Å²) in [5.74, 6) is 0.647. The predicted molar refractivity (Wildman–Crippen MR) is 128 cm³/mol. The van der Waals surface area contributed by atoms with Crippen LogP contribution in [-0.2, 0) is 24.4 Å². The van der Waals surface area contributed by atoms with E-state index in [2.05, 4.69) is 25.5 Å². The molecule has 2 aromatic carbocycles. The van der Waals surface area contributed by atoms with Crippen molar-refractivity contribution in [3.63, 3.8) is 0 Å². The first-order valence-electron chi connectivity index (χ1n) is 9.69. The summed E-state index contributed by atoms with van der Waals surface area (Å²) >= 11 is 0. The van der Waals surface area contributed by atoms with Crippen molar-refractivity contribution >= 4 is 29.9 Å². The second-order valence-electron chi connectivity index (χ2n) is 6.82. The first kappa shape index (κ1) is 25.7. The third-order valence-electron chi connectivity index (χ3n) is 4.41. The summed E-state index contributed by atoms with van der Waals surface area (Å²) in [4.78, 5) is 4.21. The van der Waals surface area contributed by atoms with Crippen LogP contribution in [0.5, 0.6) is 0 Å². The van der Waals surface area contributed by atoms with E-state index in [1.165, 1.54) is 0 Å². The Morgan fingerprint density at radius 2 is 1.53 bits per heavy atom. The number of aromatic nitrogens is 2. The molecule has 1 aromatic heterocycles. The van der Waals surface area contributed by atoms with Gasteiger partial charge in [0.05, 0.1) is 12.3 Å². The van der Waals surface area contributed by atoms with Crippen LogP contribution in [0.1, 0.15) is 16.7 Å². The first-order chi connectivity index (χ1) is 14.9. The zero-order valence-corrected chi connectivity index (χ0v) is 19.8. The number of benzene rings is 2. The van der Waals surface area contributed by atoms with E-state index >= 15 is 0 Å². The van der Waals surface area contributed by atoms with Crippen molar-refractivity contribution in [2.75, 3.05) is 13.7 Å². The number of nitrogens with one attached hydrogen (secondary N) is 2.